The van der Waals surface area contributed by atoms with Crippen molar-refractivity contribution in [1.29, 1.82) is 0 Å². The van der Waals surface area contributed by atoms with Crippen molar-refractivity contribution in [2.45, 2.75) is 26.4 Å². The van der Waals surface area contributed by atoms with Gasteiger partial charge in [0.1, 0.15) is 0 Å². The number of β-amino-alcohol motifs (C(OH)–C–C–N with tert-alkyl or cyclic N) is 1. The van der Waals surface area contributed by atoms with Crippen LogP contribution < -0.4 is 0 Å². The molecule has 1 aromatic rings. The Balaban J connectivity index is 2.17. The topological polar surface area (TPSA) is 40.5 Å². The van der Waals surface area contributed by atoms with Crippen LogP contribution in [0.2, 0.25) is 0 Å². The van der Waals surface area contributed by atoms with Gasteiger partial charge in [-0.15, -0.1) is 11.3 Å². The predicted molar refractivity (Wildman–Crippen MR) is 64.7 cm³/mol. The van der Waals surface area contributed by atoms with E-state index in [-0.39, 0.29) is 11.8 Å². The molecular weight excluding hydrogens is 222 g/mol. The Morgan fingerprint density at radius 3 is 2.81 bits per heavy atom. The van der Waals surface area contributed by atoms with Gasteiger partial charge in [-0.2, -0.15) is 0 Å². The molecule has 2 heterocycles. The summed E-state index contributed by atoms with van der Waals surface area (Å²) in [6, 6.07) is 1.95. The predicted octanol–water partition coefficient (Wildman–Crippen LogP) is 1.90. The van der Waals surface area contributed by atoms with Crippen LogP contribution in [-0.4, -0.2) is 34.6 Å². The molecule has 0 unspecified atom stereocenters. The van der Waals surface area contributed by atoms with Crippen molar-refractivity contribution in [2.75, 3.05) is 13.1 Å². The standard InChI is InChI=1S/C12H17NO2S/c1-8-4-5-16-10(8)11(14)13-6-9(2)12(3,15)7-13/h4-5,9,15H,6-7H2,1-3H3/t9-,12+/m1/s1. The Hall–Kier alpha value is -0.870. The lowest BCUT2D eigenvalue weighted by atomic mass is 9.95. The second kappa shape index (κ2) is 3.86. The zero-order valence-corrected chi connectivity index (χ0v) is 10.7. The summed E-state index contributed by atoms with van der Waals surface area (Å²) in [6.45, 7) is 6.80. The van der Waals surface area contributed by atoms with Crippen LogP contribution in [0.25, 0.3) is 0 Å². The fraction of sp³-hybridized carbons (Fsp3) is 0.583. The molecule has 16 heavy (non-hydrogen) atoms. The summed E-state index contributed by atoms with van der Waals surface area (Å²) >= 11 is 1.47. The molecule has 2 rings (SSSR count). The van der Waals surface area contributed by atoms with E-state index < -0.39 is 5.60 Å². The molecule has 88 valence electrons. The van der Waals surface area contributed by atoms with E-state index in [0.29, 0.717) is 13.1 Å². The fourth-order valence-electron chi connectivity index (χ4n) is 2.02. The minimum Gasteiger partial charge on any atom is -0.388 e. The van der Waals surface area contributed by atoms with E-state index in [2.05, 4.69) is 0 Å². The van der Waals surface area contributed by atoms with Gasteiger partial charge in [0.05, 0.1) is 10.5 Å². The molecule has 1 aromatic heterocycles. The van der Waals surface area contributed by atoms with E-state index in [0.717, 1.165) is 10.4 Å². The van der Waals surface area contributed by atoms with Gasteiger partial charge < -0.3 is 10.0 Å². The molecule has 1 N–H and O–H groups in total. The third-order valence-corrected chi connectivity index (χ3v) is 4.41. The van der Waals surface area contributed by atoms with Crippen molar-refractivity contribution in [3.8, 4) is 0 Å². The molecular formula is C12H17NO2S. The second-order valence-electron chi connectivity index (χ2n) is 4.88. The molecule has 0 saturated carbocycles. The molecule has 0 spiro atoms. The highest BCUT2D eigenvalue weighted by molar-refractivity contribution is 7.12. The number of likely N-dealkylation sites (tertiary alicyclic amines) is 1. The highest BCUT2D eigenvalue weighted by Gasteiger charge is 2.41. The van der Waals surface area contributed by atoms with E-state index in [4.69, 9.17) is 0 Å². The molecule has 0 radical (unpaired) electrons. The van der Waals surface area contributed by atoms with E-state index >= 15 is 0 Å². The van der Waals surface area contributed by atoms with Crippen LogP contribution in [0.15, 0.2) is 11.4 Å². The number of nitrogens with zero attached hydrogens (tertiary/aromatic N) is 1. The molecule has 0 aliphatic carbocycles. The van der Waals surface area contributed by atoms with E-state index in [1.807, 2.05) is 25.3 Å². The summed E-state index contributed by atoms with van der Waals surface area (Å²) in [6.07, 6.45) is 0. The quantitative estimate of drug-likeness (QED) is 0.813. The van der Waals surface area contributed by atoms with Crippen LogP contribution in [0.4, 0.5) is 0 Å². The Labute approximate surface area is 99.7 Å². The van der Waals surface area contributed by atoms with Gasteiger partial charge in [0, 0.05) is 19.0 Å². The number of thiophene rings is 1. The first-order valence-electron chi connectivity index (χ1n) is 5.47. The van der Waals surface area contributed by atoms with Crippen LogP contribution in [0.5, 0.6) is 0 Å². The molecule has 1 saturated heterocycles. The zero-order chi connectivity index (χ0) is 11.9. The van der Waals surface area contributed by atoms with Gasteiger partial charge in [0.2, 0.25) is 0 Å². The van der Waals surface area contributed by atoms with Gasteiger partial charge in [0.25, 0.3) is 5.91 Å². The number of aryl methyl sites for hydroxylation is 1. The zero-order valence-electron chi connectivity index (χ0n) is 9.86. The van der Waals surface area contributed by atoms with Gasteiger partial charge in [-0.1, -0.05) is 6.92 Å². The first-order chi connectivity index (χ1) is 7.42. The van der Waals surface area contributed by atoms with Gasteiger partial charge in [-0.05, 0) is 30.9 Å². The minimum atomic E-state index is -0.749. The van der Waals surface area contributed by atoms with Crippen LogP contribution in [0, 0.1) is 12.8 Å². The Morgan fingerprint density at radius 1 is 1.69 bits per heavy atom. The molecule has 1 fully saturated rings. The van der Waals surface area contributed by atoms with Crippen LogP contribution in [-0.2, 0) is 0 Å². The lowest BCUT2D eigenvalue weighted by molar-refractivity contribution is 0.0352. The van der Waals surface area contributed by atoms with Crippen molar-refractivity contribution in [2.24, 2.45) is 5.92 Å². The van der Waals surface area contributed by atoms with E-state index in [9.17, 15) is 9.90 Å². The molecule has 4 heteroatoms. The maximum absolute atomic E-state index is 12.2. The number of hydrogen-bond donors (Lipinski definition) is 1. The average molecular weight is 239 g/mol. The van der Waals surface area contributed by atoms with Gasteiger partial charge >= 0.3 is 0 Å². The van der Waals surface area contributed by atoms with Gasteiger partial charge in [-0.3, -0.25) is 4.79 Å². The van der Waals surface area contributed by atoms with Crippen molar-refractivity contribution < 1.29 is 9.90 Å². The molecule has 2 atom stereocenters. The Kier molecular flexibility index (Phi) is 2.80. The maximum Gasteiger partial charge on any atom is 0.264 e. The number of amides is 1. The molecule has 0 aromatic carbocycles. The Bertz CT molecular complexity index is 411. The smallest absolute Gasteiger partial charge is 0.264 e. The number of aliphatic hydroxyl groups is 1. The lowest BCUT2D eigenvalue weighted by Gasteiger charge is -2.20. The normalized spacial score (nSPS) is 29.8. The SMILES string of the molecule is Cc1ccsc1C(=O)N1C[C@@H](C)[C@@](C)(O)C1. The molecule has 3 nitrogen and oxygen atoms in total. The fourth-order valence-corrected chi connectivity index (χ4v) is 2.92. The average Bonchev–Trinajstić information content (AvgIpc) is 2.71. The molecule has 0 bridgehead atoms. The summed E-state index contributed by atoms with van der Waals surface area (Å²) in [4.78, 5) is 14.7. The summed E-state index contributed by atoms with van der Waals surface area (Å²) in [5.74, 6) is 0.189. The number of rotatable bonds is 1. The highest BCUT2D eigenvalue weighted by Crippen LogP contribution is 2.29. The maximum atomic E-state index is 12.2. The van der Waals surface area contributed by atoms with Crippen molar-refractivity contribution >= 4 is 17.2 Å². The van der Waals surface area contributed by atoms with E-state index in [1.165, 1.54) is 11.3 Å². The Morgan fingerprint density at radius 2 is 2.38 bits per heavy atom. The van der Waals surface area contributed by atoms with Crippen molar-refractivity contribution in [3.05, 3.63) is 21.9 Å². The van der Waals surface area contributed by atoms with E-state index in [1.54, 1.807) is 11.8 Å². The summed E-state index contributed by atoms with van der Waals surface area (Å²) in [5, 5.41) is 12.0. The van der Waals surface area contributed by atoms with Crippen molar-refractivity contribution in [3.63, 3.8) is 0 Å². The first kappa shape index (κ1) is 11.6. The largest absolute Gasteiger partial charge is 0.388 e. The second-order valence-corrected chi connectivity index (χ2v) is 5.79. The van der Waals surface area contributed by atoms with Gasteiger partial charge in [0.15, 0.2) is 0 Å². The van der Waals surface area contributed by atoms with Gasteiger partial charge in [-0.25, -0.2) is 0 Å². The molecule has 1 aliphatic rings. The minimum absolute atomic E-state index is 0.0529. The highest BCUT2D eigenvalue weighted by atomic mass is 32.1. The third-order valence-electron chi connectivity index (χ3n) is 3.41. The van der Waals surface area contributed by atoms with Crippen LogP contribution in [0.3, 0.4) is 0 Å². The number of carbonyl (C=O) groups is 1. The van der Waals surface area contributed by atoms with Crippen LogP contribution >= 0.6 is 11.3 Å². The lowest BCUT2D eigenvalue weighted by Crippen LogP contribution is -2.35. The summed E-state index contributed by atoms with van der Waals surface area (Å²) in [7, 11) is 0. The van der Waals surface area contributed by atoms with Crippen molar-refractivity contribution in [1.82, 2.24) is 4.90 Å². The third kappa shape index (κ3) is 1.87. The summed E-state index contributed by atoms with van der Waals surface area (Å²) < 4.78 is 0. The molecule has 1 amide bonds. The number of carbonyl (C=O) groups excluding carboxylic acids is 1. The number of hydrogen-bond acceptors (Lipinski definition) is 3. The molecule has 1 aliphatic heterocycles. The first-order valence-corrected chi connectivity index (χ1v) is 6.35. The van der Waals surface area contributed by atoms with Crippen LogP contribution in [0.1, 0.15) is 29.1 Å². The summed E-state index contributed by atoms with van der Waals surface area (Å²) in [5.41, 5.74) is 0.273. The monoisotopic (exact) mass is 239 g/mol.